The molecule has 0 saturated carbocycles. The molecule has 2 rings (SSSR count). The fourth-order valence-corrected chi connectivity index (χ4v) is 1.65. The van der Waals surface area contributed by atoms with Crippen LogP contribution in [0.2, 0.25) is 0 Å². The summed E-state index contributed by atoms with van der Waals surface area (Å²) in [5.41, 5.74) is 1.69. The quantitative estimate of drug-likeness (QED) is 0.870. The lowest BCUT2D eigenvalue weighted by molar-refractivity contribution is 0.0949. The van der Waals surface area contributed by atoms with Crippen molar-refractivity contribution in [2.24, 2.45) is 7.05 Å². The van der Waals surface area contributed by atoms with E-state index < -0.39 is 0 Å². The molecule has 1 heterocycles. The third-order valence-electron chi connectivity index (χ3n) is 2.72. The molecule has 4 nitrogen and oxygen atoms in total. The number of rotatable bonds is 3. The van der Waals surface area contributed by atoms with Crippen LogP contribution in [0.25, 0.3) is 0 Å². The zero-order chi connectivity index (χ0) is 12.3. The van der Waals surface area contributed by atoms with Crippen molar-refractivity contribution in [2.45, 2.75) is 13.5 Å². The first-order valence-corrected chi connectivity index (χ1v) is 5.48. The zero-order valence-corrected chi connectivity index (χ0v) is 9.97. The van der Waals surface area contributed by atoms with Gasteiger partial charge in [-0.3, -0.25) is 4.79 Å². The van der Waals surface area contributed by atoms with Crippen molar-refractivity contribution >= 4 is 5.91 Å². The van der Waals surface area contributed by atoms with Crippen molar-refractivity contribution in [3.8, 4) is 0 Å². The molecule has 4 heteroatoms. The summed E-state index contributed by atoms with van der Waals surface area (Å²) in [5, 5.41) is 2.86. The predicted octanol–water partition coefficient (Wildman–Crippen LogP) is 1.66. The smallest absolute Gasteiger partial charge is 0.251 e. The molecule has 1 N–H and O–H groups in total. The van der Waals surface area contributed by atoms with Crippen LogP contribution >= 0.6 is 0 Å². The summed E-state index contributed by atoms with van der Waals surface area (Å²) in [7, 11) is 1.91. The fraction of sp³-hybridized carbons (Fsp3) is 0.231. The van der Waals surface area contributed by atoms with Gasteiger partial charge in [0, 0.05) is 25.0 Å². The minimum Gasteiger partial charge on any atom is -0.345 e. The number of benzene rings is 1. The summed E-state index contributed by atoms with van der Waals surface area (Å²) in [4.78, 5) is 16.1. The van der Waals surface area contributed by atoms with E-state index in [4.69, 9.17) is 0 Å². The minimum atomic E-state index is -0.0638. The van der Waals surface area contributed by atoms with E-state index in [0.717, 1.165) is 11.4 Å². The lowest BCUT2D eigenvalue weighted by atomic mass is 10.1. The molecule has 0 aliphatic heterocycles. The van der Waals surface area contributed by atoms with Crippen LogP contribution < -0.4 is 5.32 Å². The Balaban J connectivity index is 2.04. The molecule has 1 aromatic carbocycles. The highest BCUT2D eigenvalue weighted by molar-refractivity contribution is 5.95. The van der Waals surface area contributed by atoms with E-state index in [-0.39, 0.29) is 5.91 Å². The van der Waals surface area contributed by atoms with Crippen molar-refractivity contribution in [1.29, 1.82) is 0 Å². The highest BCUT2D eigenvalue weighted by Gasteiger charge is 2.08. The molecule has 1 aromatic heterocycles. The first kappa shape index (κ1) is 11.4. The Bertz CT molecular complexity index is 531. The summed E-state index contributed by atoms with van der Waals surface area (Å²) in [6.45, 7) is 2.37. The van der Waals surface area contributed by atoms with Gasteiger partial charge >= 0.3 is 0 Å². The van der Waals surface area contributed by atoms with Crippen molar-refractivity contribution in [3.63, 3.8) is 0 Å². The summed E-state index contributed by atoms with van der Waals surface area (Å²) in [5.74, 6) is 0.776. The maximum Gasteiger partial charge on any atom is 0.251 e. The van der Waals surface area contributed by atoms with E-state index in [1.807, 2.05) is 49.0 Å². The Kier molecular flexibility index (Phi) is 3.23. The molecule has 0 aliphatic carbocycles. The Morgan fingerprint density at radius 3 is 2.82 bits per heavy atom. The number of hydrogen-bond donors (Lipinski definition) is 1. The topological polar surface area (TPSA) is 46.9 Å². The SMILES string of the molecule is Cc1ccccc1C(=O)NCc1nccn1C. The Morgan fingerprint density at radius 1 is 1.41 bits per heavy atom. The largest absolute Gasteiger partial charge is 0.345 e. The molecule has 88 valence electrons. The molecule has 0 unspecified atom stereocenters. The molecule has 2 aromatic rings. The second-order valence-corrected chi connectivity index (χ2v) is 3.95. The van der Waals surface area contributed by atoms with Crippen LogP contribution in [0, 0.1) is 6.92 Å². The number of nitrogens with one attached hydrogen (secondary N) is 1. The minimum absolute atomic E-state index is 0.0638. The van der Waals surface area contributed by atoms with Gasteiger partial charge in [0.15, 0.2) is 0 Å². The van der Waals surface area contributed by atoms with Gasteiger partial charge in [-0.05, 0) is 18.6 Å². The maximum atomic E-state index is 11.9. The molecule has 0 bridgehead atoms. The van der Waals surface area contributed by atoms with E-state index in [9.17, 15) is 4.79 Å². The summed E-state index contributed by atoms with van der Waals surface area (Å²) in [6, 6.07) is 7.53. The van der Waals surface area contributed by atoms with Gasteiger partial charge in [-0.1, -0.05) is 18.2 Å². The number of amides is 1. The standard InChI is InChI=1S/C13H15N3O/c1-10-5-3-4-6-11(10)13(17)15-9-12-14-7-8-16(12)2/h3-8H,9H2,1-2H3,(H,15,17). The molecule has 0 atom stereocenters. The lowest BCUT2D eigenvalue weighted by Gasteiger charge is -2.07. The van der Waals surface area contributed by atoms with Crippen molar-refractivity contribution in [2.75, 3.05) is 0 Å². The number of aromatic nitrogens is 2. The van der Waals surface area contributed by atoms with Crippen LogP contribution in [0.5, 0.6) is 0 Å². The number of hydrogen-bond acceptors (Lipinski definition) is 2. The molecule has 0 aliphatic rings. The number of carbonyl (C=O) groups is 1. The average Bonchev–Trinajstić information content (AvgIpc) is 2.72. The van der Waals surface area contributed by atoms with Crippen LogP contribution in [0.3, 0.4) is 0 Å². The molecule has 0 fully saturated rings. The normalized spacial score (nSPS) is 10.2. The summed E-state index contributed by atoms with van der Waals surface area (Å²) >= 11 is 0. The first-order valence-electron chi connectivity index (χ1n) is 5.48. The number of carbonyl (C=O) groups excluding carboxylic acids is 1. The predicted molar refractivity (Wildman–Crippen MR) is 65.6 cm³/mol. The van der Waals surface area contributed by atoms with Crippen LogP contribution in [-0.2, 0) is 13.6 Å². The van der Waals surface area contributed by atoms with E-state index in [1.165, 1.54) is 0 Å². The Hall–Kier alpha value is -2.10. The van der Waals surface area contributed by atoms with Crippen LogP contribution in [0.15, 0.2) is 36.7 Å². The zero-order valence-electron chi connectivity index (χ0n) is 9.97. The van der Waals surface area contributed by atoms with Gasteiger partial charge in [0.1, 0.15) is 5.82 Å². The molecule has 17 heavy (non-hydrogen) atoms. The molecule has 0 radical (unpaired) electrons. The third kappa shape index (κ3) is 2.53. The fourth-order valence-electron chi connectivity index (χ4n) is 1.65. The van der Waals surface area contributed by atoms with Crippen molar-refractivity contribution in [1.82, 2.24) is 14.9 Å². The molecule has 0 spiro atoms. The average molecular weight is 229 g/mol. The number of nitrogens with zero attached hydrogens (tertiary/aromatic N) is 2. The maximum absolute atomic E-state index is 11.9. The van der Waals surface area contributed by atoms with Gasteiger partial charge in [-0.25, -0.2) is 4.98 Å². The van der Waals surface area contributed by atoms with E-state index in [1.54, 1.807) is 6.20 Å². The first-order chi connectivity index (χ1) is 8.18. The van der Waals surface area contributed by atoms with Crippen LogP contribution in [-0.4, -0.2) is 15.5 Å². The van der Waals surface area contributed by atoms with E-state index in [0.29, 0.717) is 12.1 Å². The summed E-state index contributed by atoms with van der Waals surface area (Å²) in [6.07, 6.45) is 3.57. The van der Waals surface area contributed by atoms with Gasteiger partial charge in [0.05, 0.1) is 6.54 Å². The highest BCUT2D eigenvalue weighted by atomic mass is 16.1. The van der Waals surface area contributed by atoms with Gasteiger partial charge in [-0.15, -0.1) is 0 Å². The van der Waals surface area contributed by atoms with Gasteiger partial charge in [0.25, 0.3) is 5.91 Å². The third-order valence-corrected chi connectivity index (χ3v) is 2.72. The molecular formula is C13H15N3O. The van der Waals surface area contributed by atoms with Crippen molar-refractivity contribution in [3.05, 3.63) is 53.6 Å². The summed E-state index contributed by atoms with van der Waals surface area (Å²) < 4.78 is 1.89. The number of imidazole rings is 1. The second kappa shape index (κ2) is 4.82. The Labute approximate surface area is 100 Å². The van der Waals surface area contributed by atoms with Crippen molar-refractivity contribution < 1.29 is 4.79 Å². The van der Waals surface area contributed by atoms with Crippen LogP contribution in [0.4, 0.5) is 0 Å². The molecule has 1 amide bonds. The van der Waals surface area contributed by atoms with Gasteiger partial charge < -0.3 is 9.88 Å². The van der Waals surface area contributed by atoms with Gasteiger partial charge in [0.2, 0.25) is 0 Å². The van der Waals surface area contributed by atoms with Crippen LogP contribution in [0.1, 0.15) is 21.7 Å². The Morgan fingerprint density at radius 2 is 2.18 bits per heavy atom. The molecular weight excluding hydrogens is 214 g/mol. The van der Waals surface area contributed by atoms with E-state index in [2.05, 4.69) is 10.3 Å². The number of aryl methyl sites for hydroxylation is 2. The highest BCUT2D eigenvalue weighted by Crippen LogP contribution is 2.06. The monoisotopic (exact) mass is 229 g/mol. The van der Waals surface area contributed by atoms with E-state index >= 15 is 0 Å². The molecule has 0 saturated heterocycles. The van der Waals surface area contributed by atoms with Gasteiger partial charge in [-0.2, -0.15) is 0 Å². The second-order valence-electron chi connectivity index (χ2n) is 3.95. The lowest BCUT2D eigenvalue weighted by Crippen LogP contribution is -2.25.